The van der Waals surface area contributed by atoms with Crippen molar-refractivity contribution in [2.24, 2.45) is 10.7 Å². The summed E-state index contributed by atoms with van der Waals surface area (Å²) in [6.45, 7) is 2.96. The van der Waals surface area contributed by atoms with Crippen LogP contribution in [0.5, 0.6) is 0 Å². The van der Waals surface area contributed by atoms with Crippen LogP contribution in [0.2, 0.25) is 0 Å². The second-order valence-corrected chi connectivity index (χ2v) is 4.39. The fourth-order valence-corrected chi connectivity index (χ4v) is 2.35. The van der Waals surface area contributed by atoms with Crippen molar-refractivity contribution in [1.29, 1.82) is 0 Å². The Labute approximate surface area is 77.7 Å². The van der Waals surface area contributed by atoms with E-state index in [4.69, 9.17) is 10.5 Å². The van der Waals surface area contributed by atoms with Crippen LogP contribution in [0.15, 0.2) is 4.99 Å². The van der Waals surface area contributed by atoms with E-state index in [9.17, 15) is 0 Å². The Kier molecular flexibility index (Phi) is 1.39. The molecule has 1 saturated carbocycles. The molecule has 1 atom stereocenters. The van der Waals surface area contributed by atoms with Gasteiger partial charge in [-0.1, -0.05) is 0 Å². The molecule has 0 aromatic heterocycles. The molecule has 0 bridgehead atoms. The van der Waals surface area contributed by atoms with Crippen molar-refractivity contribution in [2.75, 3.05) is 19.6 Å². The van der Waals surface area contributed by atoms with Crippen LogP contribution in [-0.2, 0) is 4.74 Å². The highest BCUT2D eigenvalue weighted by Gasteiger charge is 2.47. The van der Waals surface area contributed by atoms with Crippen LogP contribution in [0, 0.1) is 0 Å². The van der Waals surface area contributed by atoms with Crippen LogP contribution in [0.1, 0.15) is 19.3 Å². The summed E-state index contributed by atoms with van der Waals surface area (Å²) in [4.78, 5) is 6.65. The minimum absolute atomic E-state index is 0.0489. The number of likely N-dealkylation sites (tertiary alicyclic amines) is 1. The summed E-state index contributed by atoms with van der Waals surface area (Å²) in [5.41, 5.74) is 5.49. The predicted molar refractivity (Wildman–Crippen MR) is 49.5 cm³/mol. The SMILES string of the molecule is NC1=NCC2(CCN(C3CC3)C2)O1. The lowest BCUT2D eigenvalue weighted by Gasteiger charge is -2.22. The molecule has 0 radical (unpaired) electrons. The number of aliphatic imine (C=N–C) groups is 1. The second-order valence-electron chi connectivity index (χ2n) is 4.39. The molecular formula is C9H15N3O. The largest absolute Gasteiger partial charge is 0.455 e. The summed E-state index contributed by atoms with van der Waals surface area (Å²) in [6.07, 6.45) is 3.83. The first kappa shape index (κ1) is 7.62. The third-order valence-electron chi connectivity index (χ3n) is 3.25. The summed E-state index contributed by atoms with van der Waals surface area (Å²) in [6, 6.07) is 1.22. The molecule has 2 fully saturated rings. The molecule has 0 aromatic carbocycles. The summed E-state index contributed by atoms with van der Waals surface area (Å²) in [5.74, 6) is 0. The molecule has 4 heteroatoms. The van der Waals surface area contributed by atoms with E-state index in [0.29, 0.717) is 6.02 Å². The average molecular weight is 181 g/mol. The molecule has 0 amide bonds. The van der Waals surface area contributed by atoms with Crippen molar-refractivity contribution in [3.8, 4) is 0 Å². The Morgan fingerprint density at radius 2 is 2.38 bits per heavy atom. The molecule has 3 rings (SSSR count). The van der Waals surface area contributed by atoms with Gasteiger partial charge in [0.25, 0.3) is 6.02 Å². The molecule has 2 aliphatic heterocycles. The van der Waals surface area contributed by atoms with Crippen molar-refractivity contribution < 1.29 is 4.74 Å². The van der Waals surface area contributed by atoms with Gasteiger partial charge in [-0.05, 0) is 12.8 Å². The molecule has 1 spiro atoms. The van der Waals surface area contributed by atoms with Gasteiger partial charge in [-0.2, -0.15) is 0 Å². The fraction of sp³-hybridized carbons (Fsp3) is 0.889. The molecule has 1 aliphatic carbocycles. The minimum atomic E-state index is -0.0489. The van der Waals surface area contributed by atoms with Crippen LogP contribution >= 0.6 is 0 Å². The zero-order valence-corrected chi connectivity index (χ0v) is 7.70. The first-order valence-electron chi connectivity index (χ1n) is 5.00. The third-order valence-corrected chi connectivity index (χ3v) is 3.25. The maximum atomic E-state index is 5.60. The van der Waals surface area contributed by atoms with Gasteiger partial charge in [0, 0.05) is 25.6 Å². The van der Waals surface area contributed by atoms with Crippen LogP contribution < -0.4 is 5.73 Å². The van der Waals surface area contributed by atoms with Crippen molar-refractivity contribution in [3.05, 3.63) is 0 Å². The lowest BCUT2D eigenvalue weighted by molar-refractivity contribution is 0.0920. The van der Waals surface area contributed by atoms with Gasteiger partial charge in [0.05, 0.1) is 6.54 Å². The normalized spacial score (nSPS) is 39.5. The zero-order valence-electron chi connectivity index (χ0n) is 7.70. The number of hydrogen-bond donors (Lipinski definition) is 1. The number of nitrogens with zero attached hydrogens (tertiary/aromatic N) is 2. The smallest absolute Gasteiger partial charge is 0.282 e. The van der Waals surface area contributed by atoms with Gasteiger partial charge in [0.15, 0.2) is 0 Å². The Balaban J connectivity index is 1.68. The van der Waals surface area contributed by atoms with Crippen molar-refractivity contribution in [2.45, 2.75) is 30.9 Å². The molecule has 2 heterocycles. The van der Waals surface area contributed by atoms with Gasteiger partial charge in [-0.3, -0.25) is 4.90 Å². The van der Waals surface area contributed by atoms with Gasteiger partial charge in [0.1, 0.15) is 5.60 Å². The van der Waals surface area contributed by atoms with Crippen molar-refractivity contribution >= 4 is 6.02 Å². The van der Waals surface area contributed by atoms with Gasteiger partial charge >= 0.3 is 0 Å². The lowest BCUT2D eigenvalue weighted by Crippen LogP contribution is -2.38. The van der Waals surface area contributed by atoms with E-state index in [1.165, 1.54) is 12.8 Å². The molecule has 4 nitrogen and oxygen atoms in total. The summed E-state index contributed by atoms with van der Waals surface area (Å²) in [7, 11) is 0. The maximum Gasteiger partial charge on any atom is 0.282 e. The Bertz CT molecular complexity index is 262. The molecular weight excluding hydrogens is 166 g/mol. The van der Waals surface area contributed by atoms with Gasteiger partial charge in [-0.25, -0.2) is 4.99 Å². The molecule has 72 valence electrons. The van der Waals surface area contributed by atoms with Crippen LogP contribution in [0.4, 0.5) is 0 Å². The van der Waals surface area contributed by atoms with Gasteiger partial charge in [-0.15, -0.1) is 0 Å². The van der Waals surface area contributed by atoms with Crippen LogP contribution in [-0.4, -0.2) is 42.2 Å². The fourth-order valence-electron chi connectivity index (χ4n) is 2.35. The molecule has 3 aliphatic rings. The summed E-state index contributed by atoms with van der Waals surface area (Å²) < 4.78 is 5.60. The number of amidine groups is 1. The first-order valence-corrected chi connectivity index (χ1v) is 5.00. The number of ether oxygens (including phenoxy) is 1. The first-order chi connectivity index (χ1) is 6.27. The maximum absolute atomic E-state index is 5.60. The zero-order chi connectivity index (χ0) is 8.89. The monoisotopic (exact) mass is 181 g/mol. The van der Waals surface area contributed by atoms with E-state index in [-0.39, 0.29) is 5.60 Å². The van der Waals surface area contributed by atoms with E-state index in [1.807, 2.05) is 0 Å². The molecule has 13 heavy (non-hydrogen) atoms. The lowest BCUT2D eigenvalue weighted by atomic mass is 10.0. The Morgan fingerprint density at radius 3 is 3.00 bits per heavy atom. The van der Waals surface area contributed by atoms with E-state index in [0.717, 1.165) is 32.1 Å². The number of rotatable bonds is 1. The highest BCUT2D eigenvalue weighted by atomic mass is 16.5. The summed E-state index contributed by atoms with van der Waals surface area (Å²) >= 11 is 0. The molecule has 0 aromatic rings. The van der Waals surface area contributed by atoms with Gasteiger partial charge in [0.2, 0.25) is 0 Å². The van der Waals surface area contributed by atoms with Crippen molar-refractivity contribution in [3.63, 3.8) is 0 Å². The predicted octanol–water partition coefficient (Wildman–Crippen LogP) is -0.0618. The van der Waals surface area contributed by atoms with E-state index < -0.39 is 0 Å². The van der Waals surface area contributed by atoms with Crippen LogP contribution in [0.25, 0.3) is 0 Å². The highest BCUT2D eigenvalue weighted by molar-refractivity contribution is 5.73. The van der Waals surface area contributed by atoms with E-state index in [2.05, 4.69) is 9.89 Å². The molecule has 1 unspecified atom stereocenters. The van der Waals surface area contributed by atoms with Crippen molar-refractivity contribution in [1.82, 2.24) is 4.90 Å². The Hall–Kier alpha value is -0.770. The highest BCUT2D eigenvalue weighted by Crippen LogP contribution is 2.36. The minimum Gasteiger partial charge on any atom is -0.455 e. The third kappa shape index (κ3) is 1.20. The summed E-state index contributed by atoms with van der Waals surface area (Å²) in [5, 5.41) is 0. The quantitative estimate of drug-likeness (QED) is 0.616. The topological polar surface area (TPSA) is 50.8 Å². The van der Waals surface area contributed by atoms with E-state index in [1.54, 1.807) is 0 Å². The number of hydrogen-bond acceptors (Lipinski definition) is 4. The van der Waals surface area contributed by atoms with Gasteiger partial charge < -0.3 is 10.5 Å². The van der Waals surface area contributed by atoms with Crippen LogP contribution in [0.3, 0.4) is 0 Å². The standard InChI is InChI=1S/C9H15N3O/c10-8-11-5-9(13-8)3-4-12(6-9)7-1-2-7/h7H,1-6H2,(H2,10,11). The Morgan fingerprint density at radius 1 is 1.54 bits per heavy atom. The number of nitrogens with two attached hydrogens (primary N) is 1. The second kappa shape index (κ2) is 2.38. The van der Waals surface area contributed by atoms with E-state index >= 15 is 0 Å². The molecule has 2 N–H and O–H groups in total. The average Bonchev–Trinajstić information content (AvgIpc) is 2.80. The molecule has 1 saturated heterocycles.